The van der Waals surface area contributed by atoms with Crippen molar-refractivity contribution in [2.75, 3.05) is 17.2 Å². The lowest BCUT2D eigenvalue weighted by Crippen LogP contribution is -2.02. The average molecular weight is 386 g/mol. The van der Waals surface area contributed by atoms with Crippen LogP contribution in [0.5, 0.6) is 0 Å². The Morgan fingerprint density at radius 3 is 2.31 bits per heavy atom. The fourth-order valence-electron chi connectivity index (χ4n) is 2.73. The highest BCUT2D eigenvalue weighted by Gasteiger charge is 1.98. The van der Waals surface area contributed by atoms with Crippen LogP contribution >= 0.6 is 0 Å². The molecule has 29 heavy (non-hydrogen) atoms. The number of aliphatic hydroxyl groups is 1. The van der Waals surface area contributed by atoms with Gasteiger partial charge in [-0.1, -0.05) is 30.4 Å². The molecule has 3 aromatic rings. The minimum absolute atomic E-state index is 0.145. The van der Waals surface area contributed by atoms with Gasteiger partial charge < -0.3 is 21.5 Å². The third-order valence-electron chi connectivity index (χ3n) is 4.28. The van der Waals surface area contributed by atoms with E-state index in [4.69, 9.17) is 10.8 Å². The molecule has 5 nitrogen and oxygen atoms in total. The Labute approximate surface area is 171 Å². The standard InChI is InChI=1S/C24H26N4O/c25-21(3-2-16-29)18-27-23-4-1-5-24(17-23)28-22-10-8-19(9-11-22)6-7-20-12-14-26-15-13-20/h1,4-15,17-18,27-29H,2-3,16,25H2/b7-6+,21-18-. The molecule has 2 aromatic carbocycles. The van der Waals surface area contributed by atoms with Crippen molar-refractivity contribution < 1.29 is 5.11 Å². The topological polar surface area (TPSA) is 83.2 Å². The van der Waals surface area contributed by atoms with E-state index in [1.165, 1.54) is 0 Å². The average Bonchev–Trinajstić information content (AvgIpc) is 2.77. The van der Waals surface area contributed by atoms with Crippen LogP contribution in [-0.2, 0) is 0 Å². The van der Waals surface area contributed by atoms with Crippen molar-refractivity contribution in [3.05, 3.63) is 96.1 Å². The summed E-state index contributed by atoms with van der Waals surface area (Å²) in [5, 5.41) is 15.5. The highest BCUT2D eigenvalue weighted by Crippen LogP contribution is 2.21. The largest absolute Gasteiger partial charge is 0.401 e. The number of nitrogens with zero attached hydrogens (tertiary/aromatic N) is 1. The Morgan fingerprint density at radius 1 is 0.897 bits per heavy atom. The Kier molecular flexibility index (Phi) is 7.43. The highest BCUT2D eigenvalue weighted by molar-refractivity contribution is 5.71. The van der Waals surface area contributed by atoms with Gasteiger partial charge in [0.1, 0.15) is 0 Å². The van der Waals surface area contributed by atoms with E-state index in [1.54, 1.807) is 18.6 Å². The molecule has 3 rings (SSSR count). The number of nitrogens with two attached hydrogens (primary N) is 1. The molecule has 0 saturated heterocycles. The predicted molar refractivity (Wildman–Crippen MR) is 122 cm³/mol. The number of hydrogen-bond donors (Lipinski definition) is 4. The number of nitrogens with one attached hydrogen (secondary N) is 2. The second-order valence-corrected chi connectivity index (χ2v) is 6.63. The van der Waals surface area contributed by atoms with Gasteiger partial charge in [0.25, 0.3) is 0 Å². The van der Waals surface area contributed by atoms with Crippen LogP contribution in [0, 0.1) is 0 Å². The summed E-state index contributed by atoms with van der Waals surface area (Å²) in [5.74, 6) is 0. The summed E-state index contributed by atoms with van der Waals surface area (Å²) < 4.78 is 0. The summed E-state index contributed by atoms with van der Waals surface area (Å²) >= 11 is 0. The van der Waals surface area contributed by atoms with Gasteiger partial charge in [0.15, 0.2) is 0 Å². The molecule has 0 unspecified atom stereocenters. The Balaban J connectivity index is 1.59. The number of anilines is 3. The lowest BCUT2D eigenvalue weighted by atomic mass is 10.1. The van der Waals surface area contributed by atoms with E-state index in [-0.39, 0.29) is 6.61 Å². The van der Waals surface area contributed by atoms with Gasteiger partial charge in [0.2, 0.25) is 0 Å². The van der Waals surface area contributed by atoms with Crippen LogP contribution < -0.4 is 16.4 Å². The van der Waals surface area contributed by atoms with Crippen molar-refractivity contribution >= 4 is 29.2 Å². The molecule has 0 atom stereocenters. The Bertz CT molecular complexity index is 950. The molecule has 0 spiro atoms. The summed E-state index contributed by atoms with van der Waals surface area (Å²) in [4.78, 5) is 4.02. The van der Waals surface area contributed by atoms with Gasteiger partial charge in [-0.05, 0) is 66.4 Å². The number of allylic oxidation sites excluding steroid dienone is 1. The van der Waals surface area contributed by atoms with Crippen molar-refractivity contribution in [2.45, 2.75) is 12.8 Å². The number of rotatable bonds is 9. The molecule has 5 N–H and O–H groups in total. The molecule has 5 heteroatoms. The van der Waals surface area contributed by atoms with Gasteiger partial charge in [0, 0.05) is 48.0 Å². The molecule has 0 saturated carbocycles. The molecule has 0 aliphatic heterocycles. The molecule has 1 aromatic heterocycles. The van der Waals surface area contributed by atoms with Crippen LogP contribution in [0.1, 0.15) is 24.0 Å². The van der Waals surface area contributed by atoms with Crippen LogP contribution in [0.4, 0.5) is 17.1 Å². The van der Waals surface area contributed by atoms with E-state index < -0.39 is 0 Å². The van der Waals surface area contributed by atoms with Crippen molar-refractivity contribution in [1.29, 1.82) is 0 Å². The fourth-order valence-corrected chi connectivity index (χ4v) is 2.73. The Morgan fingerprint density at radius 2 is 1.59 bits per heavy atom. The van der Waals surface area contributed by atoms with Gasteiger partial charge in [-0.15, -0.1) is 0 Å². The van der Waals surface area contributed by atoms with E-state index in [9.17, 15) is 0 Å². The zero-order valence-corrected chi connectivity index (χ0v) is 16.3. The summed E-state index contributed by atoms with van der Waals surface area (Å²) in [7, 11) is 0. The molecule has 0 radical (unpaired) electrons. The summed E-state index contributed by atoms with van der Waals surface area (Å²) in [5.41, 5.74) is 11.8. The van der Waals surface area contributed by atoms with E-state index in [0.29, 0.717) is 18.5 Å². The number of hydrogen-bond acceptors (Lipinski definition) is 5. The van der Waals surface area contributed by atoms with Crippen molar-refractivity contribution in [3.8, 4) is 0 Å². The monoisotopic (exact) mass is 386 g/mol. The first-order valence-electron chi connectivity index (χ1n) is 9.60. The van der Waals surface area contributed by atoms with Gasteiger partial charge in [-0.2, -0.15) is 0 Å². The first kappa shape index (κ1) is 20.2. The second-order valence-electron chi connectivity index (χ2n) is 6.63. The lowest BCUT2D eigenvalue weighted by molar-refractivity contribution is 0.288. The molecule has 148 valence electrons. The summed E-state index contributed by atoms with van der Waals surface area (Å²) in [6, 6.07) is 20.2. The van der Waals surface area contributed by atoms with Crippen molar-refractivity contribution in [1.82, 2.24) is 4.98 Å². The summed E-state index contributed by atoms with van der Waals surface area (Å²) in [6.45, 7) is 0.145. The molecular weight excluding hydrogens is 360 g/mol. The summed E-state index contributed by atoms with van der Waals surface area (Å²) in [6.07, 6.45) is 10.8. The number of aliphatic hydroxyl groups excluding tert-OH is 1. The van der Waals surface area contributed by atoms with Gasteiger partial charge >= 0.3 is 0 Å². The van der Waals surface area contributed by atoms with Crippen LogP contribution in [0.3, 0.4) is 0 Å². The zero-order chi connectivity index (χ0) is 20.3. The molecular formula is C24H26N4O. The van der Waals surface area contributed by atoms with Crippen molar-refractivity contribution in [3.63, 3.8) is 0 Å². The second kappa shape index (κ2) is 10.7. The lowest BCUT2D eigenvalue weighted by Gasteiger charge is -2.09. The number of benzene rings is 2. The van der Waals surface area contributed by atoms with Gasteiger partial charge in [-0.3, -0.25) is 4.98 Å². The van der Waals surface area contributed by atoms with Crippen molar-refractivity contribution in [2.24, 2.45) is 5.73 Å². The predicted octanol–water partition coefficient (Wildman–Crippen LogP) is 4.98. The van der Waals surface area contributed by atoms with E-state index in [0.717, 1.165) is 28.2 Å². The first-order valence-corrected chi connectivity index (χ1v) is 9.60. The molecule has 0 amide bonds. The fraction of sp³-hybridized carbons (Fsp3) is 0.125. The van der Waals surface area contributed by atoms with E-state index >= 15 is 0 Å². The smallest absolute Gasteiger partial charge is 0.0434 e. The Hall–Kier alpha value is -3.57. The maximum Gasteiger partial charge on any atom is 0.0434 e. The maximum atomic E-state index is 8.86. The molecule has 1 heterocycles. The zero-order valence-electron chi connectivity index (χ0n) is 16.3. The number of aromatic nitrogens is 1. The third-order valence-corrected chi connectivity index (χ3v) is 4.28. The van der Waals surface area contributed by atoms with Crippen LogP contribution in [0.2, 0.25) is 0 Å². The van der Waals surface area contributed by atoms with Gasteiger partial charge in [-0.25, -0.2) is 0 Å². The molecule has 0 fully saturated rings. The molecule has 0 aliphatic rings. The van der Waals surface area contributed by atoms with E-state index in [2.05, 4.69) is 52.0 Å². The van der Waals surface area contributed by atoms with Crippen LogP contribution in [-0.4, -0.2) is 16.7 Å². The molecule has 0 bridgehead atoms. The normalized spacial score (nSPS) is 11.6. The maximum absolute atomic E-state index is 8.86. The van der Waals surface area contributed by atoms with Crippen LogP contribution in [0.15, 0.2) is 85.0 Å². The SMILES string of the molecule is N/C(=C\Nc1cccc(Nc2ccc(/C=C/c3ccncc3)cc2)c1)CCCO. The first-order chi connectivity index (χ1) is 14.2. The highest BCUT2D eigenvalue weighted by atomic mass is 16.2. The van der Waals surface area contributed by atoms with Gasteiger partial charge in [0.05, 0.1) is 0 Å². The minimum atomic E-state index is 0.145. The number of pyridine rings is 1. The minimum Gasteiger partial charge on any atom is -0.401 e. The van der Waals surface area contributed by atoms with Crippen LogP contribution in [0.25, 0.3) is 12.2 Å². The quantitative estimate of drug-likeness (QED) is 0.417. The van der Waals surface area contributed by atoms with E-state index in [1.807, 2.05) is 36.4 Å². The molecule has 0 aliphatic carbocycles. The third kappa shape index (κ3) is 6.83.